The van der Waals surface area contributed by atoms with Gasteiger partial charge in [0.25, 0.3) is 0 Å². The molecule has 0 atom stereocenters. The highest BCUT2D eigenvalue weighted by atomic mass is 16.5. The van der Waals surface area contributed by atoms with Crippen LogP contribution in [-0.4, -0.2) is 22.1 Å². The van der Waals surface area contributed by atoms with Gasteiger partial charge in [0.2, 0.25) is 0 Å². The SMILES string of the molecule is CCOC(=O)c1nc(CC)n(Cc2ccc(C)cc2)c1N. The van der Waals surface area contributed by atoms with Crippen LogP contribution < -0.4 is 5.73 Å². The number of benzene rings is 1. The van der Waals surface area contributed by atoms with Gasteiger partial charge in [-0.25, -0.2) is 9.78 Å². The molecule has 0 amide bonds. The second kappa shape index (κ2) is 6.43. The molecule has 0 saturated carbocycles. The topological polar surface area (TPSA) is 70.1 Å². The van der Waals surface area contributed by atoms with Crippen molar-refractivity contribution < 1.29 is 9.53 Å². The van der Waals surface area contributed by atoms with Gasteiger partial charge in [0, 0.05) is 6.42 Å². The maximum atomic E-state index is 11.9. The van der Waals surface area contributed by atoms with Crippen molar-refractivity contribution in [2.45, 2.75) is 33.7 Å². The summed E-state index contributed by atoms with van der Waals surface area (Å²) in [5, 5.41) is 0. The number of nitrogen functional groups attached to an aromatic ring is 1. The maximum Gasteiger partial charge on any atom is 0.360 e. The number of aryl methyl sites for hydroxylation is 2. The average molecular weight is 287 g/mol. The summed E-state index contributed by atoms with van der Waals surface area (Å²) in [6.07, 6.45) is 0.704. The van der Waals surface area contributed by atoms with Gasteiger partial charge in [0.15, 0.2) is 5.69 Å². The van der Waals surface area contributed by atoms with E-state index in [4.69, 9.17) is 10.5 Å². The number of nitrogens with zero attached hydrogens (tertiary/aromatic N) is 2. The lowest BCUT2D eigenvalue weighted by Gasteiger charge is -2.09. The van der Waals surface area contributed by atoms with Gasteiger partial charge in [-0.3, -0.25) is 0 Å². The predicted molar refractivity (Wildman–Crippen MR) is 82.3 cm³/mol. The quantitative estimate of drug-likeness (QED) is 0.858. The van der Waals surface area contributed by atoms with Crippen molar-refractivity contribution in [3.63, 3.8) is 0 Å². The summed E-state index contributed by atoms with van der Waals surface area (Å²) in [5.74, 6) is 0.689. The summed E-state index contributed by atoms with van der Waals surface area (Å²) in [7, 11) is 0. The molecule has 0 aliphatic rings. The molecule has 1 aromatic carbocycles. The first-order chi connectivity index (χ1) is 10.1. The number of hydrogen-bond acceptors (Lipinski definition) is 4. The number of hydrogen-bond donors (Lipinski definition) is 1. The van der Waals surface area contributed by atoms with Crippen molar-refractivity contribution in [3.05, 3.63) is 46.9 Å². The maximum absolute atomic E-state index is 11.9. The third-order valence-corrected chi connectivity index (χ3v) is 3.33. The van der Waals surface area contributed by atoms with Gasteiger partial charge in [-0.1, -0.05) is 36.8 Å². The molecule has 0 bridgehead atoms. The molecule has 1 heterocycles. The zero-order chi connectivity index (χ0) is 15.4. The minimum absolute atomic E-state index is 0.209. The summed E-state index contributed by atoms with van der Waals surface area (Å²) in [6.45, 7) is 6.71. The molecule has 0 fully saturated rings. The Morgan fingerprint density at radius 2 is 1.95 bits per heavy atom. The van der Waals surface area contributed by atoms with Gasteiger partial charge < -0.3 is 15.0 Å². The van der Waals surface area contributed by atoms with Crippen molar-refractivity contribution in [3.8, 4) is 0 Å². The first-order valence-electron chi connectivity index (χ1n) is 7.14. The molecule has 0 aliphatic heterocycles. The van der Waals surface area contributed by atoms with Crippen LogP contribution in [0.2, 0.25) is 0 Å². The van der Waals surface area contributed by atoms with Gasteiger partial charge in [0.1, 0.15) is 11.6 Å². The van der Waals surface area contributed by atoms with Crippen LogP contribution in [0.5, 0.6) is 0 Å². The highest BCUT2D eigenvalue weighted by Crippen LogP contribution is 2.18. The predicted octanol–water partition coefficient (Wildman–Crippen LogP) is 2.56. The number of anilines is 1. The summed E-state index contributed by atoms with van der Waals surface area (Å²) in [5.41, 5.74) is 8.63. The number of esters is 1. The highest BCUT2D eigenvalue weighted by Gasteiger charge is 2.20. The molecule has 1 aromatic heterocycles. The van der Waals surface area contributed by atoms with E-state index < -0.39 is 5.97 Å². The van der Waals surface area contributed by atoms with Crippen LogP contribution in [0, 0.1) is 6.92 Å². The lowest BCUT2D eigenvalue weighted by molar-refractivity contribution is 0.0521. The third kappa shape index (κ3) is 3.24. The number of rotatable bonds is 5. The molecular formula is C16H21N3O2. The van der Waals surface area contributed by atoms with Gasteiger partial charge in [-0.15, -0.1) is 0 Å². The molecule has 2 aromatic rings. The number of nitrogens with two attached hydrogens (primary N) is 1. The number of ether oxygens (including phenoxy) is 1. The first-order valence-corrected chi connectivity index (χ1v) is 7.14. The summed E-state index contributed by atoms with van der Waals surface area (Å²) in [6, 6.07) is 8.22. The van der Waals surface area contributed by atoms with Gasteiger partial charge in [0.05, 0.1) is 13.2 Å². The summed E-state index contributed by atoms with van der Waals surface area (Å²) >= 11 is 0. The molecule has 112 valence electrons. The highest BCUT2D eigenvalue weighted by molar-refractivity contribution is 5.92. The van der Waals surface area contributed by atoms with E-state index in [1.165, 1.54) is 5.56 Å². The summed E-state index contributed by atoms with van der Waals surface area (Å²) in [4.78, 5) is 16.2. The molecule has 21 heavy (non-hydrogen) atoms. The van der Waals surface area contributed by atoms with Crippen LogP contribution >= 0.6 is 0 Å². The van der Waals surface area contributed by atoms with Crippen molar-refractivity contribution in [2.24, 2.45) is 0 Å². The Morgan fingerprint density at radius 1 is 1.29 bits per heavy atom. The van der Waals surface area contributed by atoms with E-state index >= 15 is 0 Å². The largest absolute Gasteiger partial charge is 0.461 e. The minimum Gasteiger partial charge on any atom is -0.461 e. The Bertz CT molecular complexity index is 630. The van der Waals surface area contributed by atoms with E-state index in [1.807, 2.05) is 18.4 Å². The third-order valence-electron chi connectivity index (χ3n) is 3.33. The fraction of sp³-hybridized carbons (Fsp3) is 0.375. The number of carbonyl (C=O) groups excluding carboxylic acids is 1. The molecule has 0 spiro atoms. The zero-order valence-corrected chi connectivity index (χ0v) is 12.7. The van der Waals surface area contributed by atoms with E-state index in [2.05, 4.69) is 29.2 Å². The smallest absolute Gasteiger partial charge is 0.360 e. The number of imidazole rings is 1. The van der Waals surface area contributed by atoms with E-state index in [1.54, 1.807) is 6.92 Å². The fourth-order valence-electron chi connectivity index (χ4n) is 2.19. The zero-order valence-electron chi connectivity index (χ0n) is 12.7. The second-order valence-corrected chi connectivity index (χ2v) is 4.91. The van der Waals surface area contributed by atoms with E-state index in [0.29, 0.717) is 25.4 Å². The average Bonchev–Trinajstić information content (AvgIpc) is 2.78. The molecule has 5 heteroatoms. The van der Waals surface area contributed by atoms with Crippen molar-refractivity contribution in [2.75, 3.05) is 12.3 Å². The van der Waals surface area contributed by atoms with E-state index in [9.17, 15) is 4.79 Å². The molecule has 2 N–H and O–H groups in total. The van der Waals surface area contributed by atoms with Crippen LogP contribution in [0.3, 0.4) is 0 Å². The Hall–Kier alpha value is -2.30. The van der Waals surface area contributed by atoms with Crippen LogP contribution in [0.25, 0.3) is 0 Å². The van der Waals surface area contributed by atoms with Gasteiger partial charge >= 0.3 is 5.97 Å². The molecule has 0 aliphatic carbocycles. The molecule has 2 rings (SSSR count). The molecular weight excluding hydrogens is 266 g/mol. The van der Waals surface area contributed by atoms with Crippen LogP contribution in [0.4, 0.5) is 5.82 Å². The molecule has 0 unspecified atom stereocenters. The Balaban J connectivity index is 2.34. The lowest BCUT2D eigenvalue weighted by Crippen LogP contribution is -2.11. The van der Waals surface area contributed by atoms with E-state index in [0.717, 1.165) is 11.4 Å². The van der Waals surface area contributed by atoms with Crippen LogP contribution in [0.1, 0.15) is 41.3 Å². The van der Waals surface area contributed by atoms with Crippen LogP contribution in [0.15, 0.2) is 24.3 Å². The normalized spacial score (nSPS) is 10.6. The second-order valence-electron chi connectivity index (χ2n) is 4.91. The molecule has 0 saturated heterocycles. The van der Waals surface area contributed by atoms with Crippen molar-refractivity contribution in [1.29, 1.82) is 0 Å². The minimum atomic E-state index is -0.465. The lowest BCUT2D eigenvalue weighted by atomic mass is 10.1. The monoisotopic (exact) mass is 287 g/mol. The number of carbonyl (C=O) groups is 1. The molecule has 0 radical (unpaired) electrons. The first kappa shape index (κ1) is 15.1. The Kier molecular flexibility index (Phi) is 4.62. The summed E-state index contributed by atoms with van der Waals surface area (Å²) < 4.78 is 6.86. The van der Waals surface area contributed by atoms with Crippen molar-refractivity contribution >= 4 is 11.8 Å². The van der Waals surface area contributed by atoms with Crippen molar-refractivity contribution in [1.82, 2.24) is 9.55 Å². The number of aromatic nitrogens is 2. The Labute approximate surface area is 124 Å². The van der Waals surface area contributed by atoms with Crippen LogP contribution in [-0.2, 0) is 17.7 Å². The standard InChI is InChI=1S/C16H21N3O2/c1-4-13-18-14(16(20)21-5-2)15(17)19(13)10-12-8-6-11(3)7-9-12/h6-9H,4-5,10,17H2,1-3H3. The van der Waals surface area contributed by atoms with E-state index in [-0.39, 0.29) is 5.69 Å². The Morgan fingerprint density at radius 3 is 2.52 bits per heavy atom. The molecule has 5 nitrogen and oxygen atoms in total. The van der Waals surface area contributed by atoms with Gasteiger partial charge in [-0.05, 0) is 19.4 Å². The fourth-order valence-corrected chi connectivity index (χ4v) is 2.19. The van der Waals surface area contributed by atoms with Gasteiger partial charge in [-0.2, -0.15) is 0 Å².